The number of nitrogens with one attached hydrogen (secondary N) is 2. The van der Waals surface area contributed by atoms with Gasteiger partial charge in [0.2, 0.25) is 5.91 Å². The zero-order chi connectivity index (χ0) is 13.1. The Hall–Kier alpha value is -2.09. The van der Waals surface area contributed by atoms with E-state index in [9.17, 15) is 4.79 Å². The number of hydrogen-bond donors (Lipinski definition) is 2. The van der Waals surface area contributed by atoms with Gasteiger partial charge < -0.3 is 10.6 Å². The number of carbonyl (C=O) groups is 1. The molecule has 2 rings (SSSR count). The van der Waals surface area contributed by atoms with Gasteiger partial charge in [-0.05, 0) is 38.3 Å². The van der Waals surface area contributed by atoms with E-state index in [0.717, 1.165) is 30.6 Å². The third-order valence-electron chi connectivity index (χ3n) is 3.05. The number of aromatic nitrogens is 1. The van der Waals surface area contributed by atoms with Crippen molar-refractivity contribution in [2.75, 3.05) is 11.9 Å². The van der Waals surface area contributed by atoms with E-state index in [0.29, 0.717) is 11.4 Å². The lowest BCUT2D eigenvalue weighted by Gasteiger charge is -2.24. The molecule has 1 aromatic rings. The highest BCUT2D eigenvalue weighted by molar-refractivity contribution is 5.85. The molecule has 1 atom stereocenters. The molecule has 0 aliphatic carbocycles. The smallest absolute Gasteiger partial charge is 0.242 e. The van der Waals surface area contributed by atoms with E-state index < -0.39 is 0 Å². The molecule has 2 N–H and O–H groups in total. The first kappa shape index (κ1) is 12.4. The van der Waals surface area contributed by atoms with E-state index in [1.54, 1.807) is 0 Å². The van der Waals surface area contributed by atoms with E-state index in [4.69, 9.17) is 5.26 Å². The zero-order valence-corrected chi connectivity index (χ0v) is 10.6. The van der Waals surface area contributed by atoms with Gasteiger partial charge in [-0.2, -0.15) is 5.26 Å². The van der Waals surface area contributed by atoms with Gasteiger partial charge in [0.05, 0.1) is 5.56 Å². The minimum absolute atomic E-state index is 0.0221. The number of anilines is 1. The summed E-state index contributed by atoms with van der Waals surface area (Å²) in [5.41, 5.74) is 2.23. The molecule has 2 heterocycles. The first-order valence-electron chi connectivity index (χ1n) is 6.04. The summed E-state index contributed by atoms with van der Waals surface area (Å²) in [5, 5.41) is 15.0. The van der Waals surface area contributed by atoms with Crippen LogP contribution in [-0.4, -0.2) is 23.5 Å². The molecule has 1 fully saturated rings. The van der Waals surface area contributed by atoms with Crippen molar-refractivity contribution in [3.05, 3.63) is 22.9 Å². The summed E-state index contributed by atoms with van der Waals surface area (Å²) in [6.07, 6.45) is 1.71. The number of nitrogens with zero attached hydrogens (tertiary/aromatic N) is 2. The average Bonchev–Trinajstić information content (AvgIpc) is 2.31. The standard InChI is InChI=1S/C13H16N4O/c1-8-6-9(2)16-12(10(8)7-14)17-11-4-3-5-15-13(11)18/h6,11H,3-5H2,1-2H3,(H,15,18)(H,16,17). The van der Waals surface area contributed by atoms with Crippen LogP contribution < -0.4 is 10.6 Å². The Morgan fingerprint density at radius 1 is 1.56 bits per heavy atom. The molecule has 0 radical (unpaired) electrons. The molecule has 18 heavy (non-hydrogen) atoms. The van der Waals surface area contributed by atoms with E-state index in [1.165, 1.54) is 0 Å². The van der Waals surface area contributed by atoms with E-state index in [2.05, 4.69) is 21.7 Å². The highest BCUT2D eigenvalue weighted by Gasteiger charge is 2.23. The van der Waals surface area contributed by atoms with Gasteiger partial charge in [0, 0.05) is 12.2 Å². The number of amides is 1. The predicted octanol–water partition coefficient (Wildman–Crippen LogP) is 1.26. The second-order valence-electron chi connectivity index (χ2n) is 4.55. The molecule has 5 nitrogen and oxygen atoms in total. The van der Waals surface area contributed by atoms with Crippen LogP contribution in [0.3, 0.4) is 0 Å². The summed E-state index contributed by atoms with van der Waals surface area (Å²) in [4.78, 5) is 16.0. The molecule has 1 amide bonds. The third-order valence-corrected chi connectivity index (χ3v) is 3.05. The number of pyridine rings is 1. The maximum atomic E-state index is 11.7. The Morgan fingerprint density at radius 3 is 3.00 bits per heavy atom. The first-order chi connectivity index (χ1) is 8.61. The largest absolute Gasteiger partial charge is 0.357 e. The van der Waals surface area contributed by atoms with Gasteiger partial charge in [-0.15, -0.1) is 0 Å². The van der Waals surface area contributed by atoms with E-state index in [1.807, 2.05) is 19.9 Å². The molecule has 0 aromatic carbocycles. The minimum atomic E-state index is -0.292. The SMILES string of the molecule is Cc1cc(C)c(C#N)c(NC2CCCNC2=O)n1. The average molecular weight is 244 g/mol. The van der Waals surface area contributed by atoms with Crippen LogP contribution in [0.2, 0.25) is 0 Å². The maximum Gasteiger partial charge on any atom is 0.242 e. The van der Waals surface area contributed by atoms with Crippen molar-refractivity contribution >= 4 is 11.7 Å². The Bertz CT molecular complexity index is 518. The zero-order valence-electron chi connectivity index (χ0n) is 10.6. The number of rotatable bonds is 2. The van der Waals surface area contributed by atoms with Crippen LogP contribution in [0.5, 0.6) is 0 Å². The van der Waals surface area contributed by atoms with Gasteiger partial charge in [0.25, 0.3) is 0 Å². The second-order valence-corrected chi connectivity index (χ2v) is 4.55. The number of aryl methyl sites for hydroxylation is 2. The van der Waals surface area contributed by atoms with Crippen LogP contribution in [0.4, 0.5) is 5.82 Å². The summed E-state index contributed by atoms with van der Waals surface area (Å²) in [7, 11) is 0. The van der Waals surface area contributed by atoms with Crippen LogP contribution in [-0.2, 0) is 4.79 Å². The molecule has 1 aliphatic rings. The molecular weight excluding hydrogens is 228 g/mol. The van der Waals surface area contributed by atoms with Crippen LogP contribution in [0.1, 0.15) is 29.7 Å². The fraction of sp³-hybridized carbons (Fsp3) is 0.462. The lowest BCUT2D eigenvalue weighted by atomic mass is 10.1. The van der Waals surface area contributed by atoms with Gasteiger partial charge >= 0.3 is 0 Å². The lowest BCUT2D eigenvalue weighted by molar-refractivity contribution is -0.123. The van der Waals surface area contributed by atoms with E-state index in [-0.39, 0.29) is 11.9 Å². The number of hydrogen-bond acceptors (Lipinski definition) is 4. The van der Waals surface area contributed by atoms with Crippen molar-refractivity contribution in [2.45, 2.75) is 32.7 Å². The molecular formula is C13H16N4O. The third kappa shape index (κ3) is 2.43. The van der Waals surface area contributed by atoms with Gasteiger partial charge in [0.1, 0.15) is 17.9 Å². The fourth-order valence-electron chi connectivity index (χ4n) is 2.16. The second kappa shape index (κ2) is 5.05. The van der Waals surface area contributed by atoms with Gasteiger partial charge in [-0.1, -0.05) is 0 Å². The Morgan fingerprint density at radius 2 is 2.33 bits per heavy atom. The molecule has 0 spiro atoms. The van der Waals surface area contributed by atoms with Crippen LogP contribution in [0.25, 0.3) is 0 Å². The van der Waals surface area contributed by atoms with Crippen LogP contribution in [0.15, 0.2) is 6.07 Å². The lowest BCUT2D eigenvalue weighted by Crippen LogP contribution is -2.44. The molecule has 1 aliphatic heterocycles. The molecule has 0 bridgehead atoms. The summed E-state index contributed by atoms with van der Waals surface area (Å²) in [6, 6.07) is 3.71. The molecule has 1 aromatic heterocycles. The molecule has 0 saturated carbocycles. The van der Waals surface area contributed by atoms with Crippen molar-refractivity contribution in [1.29, 1.82) is 5.26 Å². The van der Waals surface area contributed by atoms with Gasteiger partial charge in [0.15, 0.2) is 0 Å². The van der Waals surface area contributed by atoms with Crippen molar-refractivity contribution in [3.8, 4) is 6.07 Å². The first-order valence-corrected chi connectivity index (χ1v) is 6.04. The summed E-state index contributed by atoms with van der Waals surface area (Å²) in [5.74, 6) is 0.489. The number of nitriles is 1. The number of carbonyl (C=O) groups excluding carboxylic acids is 1. The van der Waals surface area contributed by atoms with Crippen molar-refractivity contribution in [3.63, 3.8) is 0 Å². The highest BCUT2D eigenvalue weighted by atomic mass is 16.2. The Balaban J connectivity index is 2.28. The molecule has 1 saturated heterocycles. The van der Waals surface area contributed by atoms with Crippen molar-refractivity contribution in [2.24, 2.45) is 0 Å². The molecule has 1 unspecified atom stereocenters. The van der Waals surface area contributed by atoms with E-state index >= 15 is 0 Å². The topological polar surface area (TPSA) is 77.8 Å². The summed E-state index contributed by atoms with van der Waals surface area (Å²) >= 11 is 0. The summed E-state index contributed by atoms with van der Waals surface area (Å²) in [6.45, 7) is 4.47. The minimum Gasteiger partial charge on any atom is -0.357 e. The molecule has 5 heteroatoms. The Kier molecular flexibility index (Phi) is 3.47. The van der Waals surface area contributed by atoms with Crippen LogP contribution in [0, 0.1) is 25.2 Å². The quantitative estimate of drug-likeness (QED) is 0.821. The fourth-order valence-corrected chi connectivity index (χ4v) is 2.16. The number of piperidine rings is 1. The van der Waals surface area contributed by atoms with Crippen molar-refractivity contribution < 1.29 is 4.79 Å². The summed E-state index contributed by atoms with van der Waals surface area (Å²) < 4.78 is 0. The maximum absolute atomic E-state index is 11.7. The normalized spacial score (nSPS) is 18.9. The monoisotopic (exact) mass is 244 g/mol. The van der Waals surface area contributed by atoms with Crippen molar-refractivity contribution in [1.82, 2.24) is 10.3 Å². The predicted molar refractivity (Wildman–Crippen MR) is 68.1 cm³/mol. The Labute approximate surface area is 106 Å². The van der Waals surface area contributed by atoms with Crippen LogP contribution >= 0.6 is 0 Å². The van der Waals surface area contributed by atoms with Gasteiger partial charge in [-0.3, -0.25) is 4.79 Å². The van der Waals surface area contributed by atoms with Gasteiger partial charge in [-0.25, -0.2) is 4.98 Å². The molecule has 94 valence electrons. The highest BCUT2D eigenvalue weighted by Crippen LogP contribution is 2.20.